The van der Waals surface area contributed by atoms with Crippen LogP contribution in [0.25, 0.3) is 0 Å². The summed E-state index contributed by atoms with van der Waals surface area (Å²) in [5.74, 6) is -0.295. The first-order valence-electron chi connectivity index (χ1n) is 7.22. The van der Waals surface area contributed by atoms with Crippen LogP contribution >= 0.6 is 11.8 Å². The Labute approximate surface area is 130 Å². The number of benzene rings is 1. The van der Waals surface area contributed by atoms with Gasteiger partial charge in [0.2, 0.25) is 5.91 Å². The smallest absolute Gasteiger partial charge is 0.221 e. The number of Topliss-reactive ketones (excluding diaryl/α,β-unsaturated/α-hetero) is 1. The van der Waals surface area contributed by atoms with E-state index in [1.807, 2.05) is 30.5 Å². The highest BCUT2D eigenvalue weighted by molar-refractivity contribution is 7.98. The van der Waals surface area contributed by atoms with Gasteiger partial charge in [-0.3, -0.25) is 14.5 Å². The third-order valence-corrected chi connectivity index (χ3v) is 4.92. The van der Waals surface area contributed by atoms with E-state index in [9.17, 15) is 9.59 Å². The Kier molecular flexibility index (Phi) is 5.42. The van der Waals surface area contributed by atoms with Gasteiger partial charge in [-0.15, -0.1) is 11.8 Å². The van der Waals surface area contributed by atoms with Crippen LogP contribution in [-0.4, -0.2) is 42.0 Å². The topological polar surface area (TPSA) is 63.4 Å². The summed E-state index contributed by atoms with van der Waals surface area (Å²) in [4.78, 5) is 26.9. The second kappa shape index (κ2) is 7.09. The van der Waals surface area contributed by atoms with Gasteiger partial charge in [0.1, 0.15) is 0 Å². The van der Waals surface area contributed by atoms with Gasteiger partial charge in [-0.2, -0.15) is 0 Å². The molecule has 2 atom stereocenters. The first-order valence-corrected chi connectivity index (χ1v) is 8.44. The number of carbonyl (C=O) groups is 2. The van der Waals surface area contributed by atoms with E-state index in [4.69, 9.17) is 5.73 Å². The van der Waals surface area contributed by atoms with Crippen molar-refractivity contribution in [2.45, 2.75) is 30.7 Å². The zero-order valence-electron chi connectivity index (χ0n) is 12.5. The molecule has 1 aromatic carbocycles. The number of nitrogens with zero attached hydrogens (tertiary/aromatic N) is 1. The standard InChI is InChI=1S/C16H22N2O2S/c1-11-3-4-13(16(17)20)9-18(11)10-15(19)12-5-7-14(21-2)8-6-12/h5-8,11,13H,3-4,9-10H2,1-2H3,(H2,17,20). The van der Waals surface area contributed by atoms with E-state index in [-0.39, 0.29) is 17.6 Å². The van der Waals surface area contributed by atoms with E-state index < -0.39 is 0 Å². The summed E-state index contributed by atoms with van der Waals surface area (Å²) in [5, 5.41) is 0. The summed E-state index contributed by atoms with van der Waals surface area (Å²) < 4.78 is 0. The number of thioether (sulfide) groups is 1. The summed E-state index contributed by atoms with van der Waals surface area (Å²) in [6.45, 7) is 3.04. The Morgan fingerprint density at radius 1 is 1.29 bits per heavy atom. The minimum absolute atomic E-state index is 0.0969. The average molecular weight is 306 g/mol. The maximum absolute atomic E-state index is 12.4. The lowest BCUT2D eigenvalue weighted by Crippen LogP contribution is -2.47. The van der Waals surface area contributed by atoms with Crippen LogP contribution in [0.4, 0.5) is 0 Å². The van der Waals surface area contributed by atoms with Crippen molar-refractivity contribution in [3.8, 4) is 0 Å². The fourth-order valence-corrected chi connectivity index (χ4v) is 3.09. The van der Waals surface area contributed by atoms with Gasteiger partial charge in [-0.25, -0.2) is 0 Å². The first-order chi connectivity index (χ1) is 10.0. The second-order valence-corrected chi connectivity index (χ2v) is 6.49. The highest BCUT2D eigenvalue weighted by Gasteiger charge is 2.29. The summed E-state index contributed by atoms with van der Waals surface area (Å²) >= 11 is 1.66. The van der Waals surface area contributed by atoms with Crippen molar-refractivity contribution in [2.75, 3.05) is 19.3 Å². The fraction of sp³-hybridized carbons (Fsp3) is 0.500. The lowest BCUT2D eigenvalue weighted by atomic mass is 9.92. The molecule has 2 unspecified atom stereocenters. The van der Waals surface area contributed by atoms with Crippen molar-refractivity contribution >= 4 is 23.5 Å². The molecule has 1 aliphatic rings. The molecule has 0 aromatic heterocycles. The zero-order chi connectivity index (χ0) is 15.4. The van der Waals surface area contributed by atoms with Gasteiger partial charge in [0.15, 0.2) is 5.78 Å². The van der Waals surface area contributed by atoms with Gasteiger partial charge in [0.05, 0.1) is 12.5 Å². The van der Waals surface area contributed by atoms with Gasteiger partial charge in [0, 0.05) is 23.0 Å². The molecular formula is C16H22N2O2S. The highest BCUT2D eigenvalue weighted by Crippen LogP contribution is 2.22. The lowest BCUT2D eigenvalue weighted by Gasteiger charge is -2.36. The molecule has 0 radical (unpaired) electrons. The van der Waals surface area contributed by atoms with Crippen molar-refractivity contribution in [1.82, 2.24) is 4.90 Å². The number of primary amides is 1. The first kappa shape index (κ1) is 16.0. The van der Waals surface area contributed by atoms with Crippen molar-refractivity contribution < 1.29 is 9.59 Å². The average Bonchev–Trinajstić information content (AvgIpc) is 2.49. The van der Waals surface area contributed by atoms with Crippen molar-refractivity contribution in [3.63, 3.8) is 0 Å². The van der Waals surface area contributed by atoms with Crippen LogP contribution < -0.4 is 5.73 Å². The summed E-state index contributed by atoms with van der Waals surface area (Å²) in [7, 11) is 0. The Balaban J connectivity index is 2.01. The Bertz CT molecular complexity index is 516. The van der Waals surface area contributed by atoms with Crippen molar-refractivity contribution in [3.05, 3.63) is 29.8 Å². The van der Waals surface area contributed by atoms with Crippen LogP contribution in [0.1, 0.15) is 30.1 Å². The number of rotatable bonds is 5. The third-order valence-electron chi connectivity index (χ3n) is 4.17. The molecule has 1 aliphatic heterocycles. The number of hydrogen-bond acceptors (Lipinski definition) is 4. The van der Waals surface area contributed by atoms with Crippen LogP contribution in [-0.2, 0) is 4.79 Å². The molecule has 0 spiro atoms. The van der Waals surface area contributed by atoms with Crippen LogP contribution in [0.15, 0.2) is 29.2 Å². The normalized spacial score (nSPS) is 23.0. The monoisotopic (exact) mass is 306 g/mol. The van der Waals surface area contributed by atoms with E-state index in [1.54, 1.807) is 11.8 Å². The molecule has 21 heavy (non-hydrogen) atoms. The largest absolute Gasteiger partial charge is 0.369 e. The third kappa shape index (κ3) is 4.08. The number of likely N-dealkylation sites (tertiary alicyclic amines) is 1. The number of ketones is 1. The molecule has 1 aromatic rings. The molecule has 1 saturated heterocycles. The molecule has 2 N–H and O–H groups in total. The molecule has 0 saturated carbocycles. The fourth-order valence-electron chi connectivity index (χ4n) is 2.68. The van der Waals surface area contributed by atoms with Gasteiger partial charge < -0.3 is 5.73 Å². The molecule has 5 heteroatoms. The van der Waals surface area contributed by atoms with Crippen LogP contribution in [0.2, 0.25) is 0 Å². The van der Waals surface area contributed by atoms with Gasteiger partial charge >= 0.3 is 0 Å². The zero-order valence-corrected chi connectivity index (χ0v) is 13.4. The minimum atomic E-state index is -0.260. The number of nitrogens with two attached hydrogens (primary N) is 1. The molecule has 4 nitrogen and oxygen atoms in total. The number of piperidine rings is 1. The lowest BCUT2D eigenvalue weighted by molar-refractivity contribution is -0.123. The summed E-state index contributed by atoms with van der Waals surface area (Å²) in [6, 6.07) is 7.98. The van der Waals surface area contributed by atoms with E-state index >= 15 is 0 Å². The van der Waals surface area contributed by atoms with Crippen LogP contribution in [0.3, 0.4) is 0 Å². The van der Waals surface area contributed by atoms with Gasteiger partial charge in [-0.05, 0) is 38.2 Å². The molecule has 0 bridgehead atoms. The maximum atomic E-state index is 12.4. The molecular weight excluding hydrogens is 284 g/mol. The second-order valence-electron chi connectivity index (χ2n) is 5.61. The number of amides is 1. The maximum Gasteiger partial charge on any atom is 0.221 e. The SMILES string of the molecule is CSc1ccc(C(=O)CN2CC(C(N)=O)CCC2C)cc1. The predicted molar refractivity (Wildman–Crippen MR) is 85.5 cm³/mol. The highest BCUT2D eigenvalue weighted by atomic mass is 32.2. The Hall–Kier alpha value is -1.33. The van der Waals surface area contributed by atoms with E-state index in [0.29, 0.717) is 19.1 Å². The molecule has 2 rings (SSSR count). The van der Waals surface area contributed by atoms with Crippen LogP contribution in [0.5, 0.6) is 0 Å². The summed E-state index contributed by atoms with van der Waals surface area (Å²) in [6.07, 6.45) is 3.74. The minimum Gasteiger partial charge on any atom is -0.369 e. The van der Waals surface area contributed by atoms with Gasteiger partial charge in [0.25, 0.3) is 0 Å². The molecule has 114 valence electrons. The molecule has 1 amide bonds. The quantitative estimate of drug-likeness (QED) is 0.669. The molecule has 1 heterocycles. The van der Waals surface area contributed by atoms with Crippen molar-refractivity contribution in [1.29, 1.82) is 0 Å². The van der Waals surface area contributed by atoms with E-state index in [1.165, 1.54) is 0 Å². The van der Waals surface area contributed by atoms with E-state index in [2.05, 4.69) is 11.8 Å². The van der Waals surface area contributed by atoms with Crippen molar-refractivity contribution in [2.24, 2.45) is 11.7 Å². The number of hydrogen-bond donors (Lipinski definition) is 1. The van der Waals surface area contributed by atoms with E-state index in [0.717, 1.165) is 23.3 Å². The predicted octanol–water partition coefficient (Wildman–Crippen LogP) is 2.18. The number of carbonyl (C=O) groups excluding carboxylic acids is 2. The molecule has 0 aliphatic carbocycles. The molecule has 1 fully saturated rings. The summed E-state index contributed by atoms with van der Waals surface area (Å²) in [5.41, 5.74) is 6.12. The Morgan fingerprint density at radius 3 is 2.52 bits per heavy atom. The van der Waals surface area contributed by atoms with Crippen LogP contribution in [0, 0.1) is 5.92 Å². The Morgan fingerprint density at radius 2 is 1.95 bits per heavy atom. The van der Waals surface area contributed by atoms with Gasteiger partial charge in [-0.1, -0.05) is 12.1 Å².